The highest BCUT2D eigenvalue weighted by atomic mass is 35.5. The maximum Gasteiger partial charge on any atom is 0.264 e. The number of anilines is 1. The molecule has 2 amide bonds. The van der Waals surface area contributed by atoms with E-state index in [-0.39, 0.29) is 39.7 Å². The molecule has 0 aliphatic carbocycles. The van der Waals surface area contributed by atoms with Crippen molar-refractivity contribution in [1.82, 2.24) is 10.2 Å². The molecule has 8 nitrogen and oxygen atoms in total. The summed E-state index contributed by atoms with van der Waals surface area (Å²) in [6.07, 6.45) is 0. The lowest BCUT2D eigenvalue weighted by Gasteiger charge is -2.32. The van der Waals surface area contributed by atoms with Gasteiger partial charge < -0.3 is 15.0 Å². The van der Waals surface area contributed by atoms with E-state index in [1.807, 2.05) is 20.8 Å². The molecule has 3 rings (SSSR count). The van der Waals surface area contributed by atoms with Crippen LogP contribution in [-0.2, 0) is 26.2 Å². The van der Waals surface area contributed by atoms with Crippen LogP contribution in [0.5, 0.6) is 5.75 Å². The SMILES string of the molecule is COc1ccc(Cl)cc1N(CC(=O)N(Cc1ccccc1Cl)[C@H](C)C(=O)NCC(C)C)S(=O)(=O)c1ccc(C)cc1. The van der Waals surface area contributed by atoms with Crippen LogP contribution in [0.25, 0.3) is 0 Å². The fourth-order valence-corrected chi connectivity index (χ4v) is 5.83. The molecule has 0 heterocycles. The maximum atomic E-state index is 14.1. The number of nitrogens with one attached hydrogen (secondary N) is 1. The van der Waals surface area contributed by atoms with Crippen LogP contribution >= 0.6 is 23.2 Å². The third-order valence-electron chi connectivity index (χ3n) is 6.45. The molecular weight excluding hydrogens is 585 g/mol. The van der Waals surface area contributed by atoms with E-state index in [1.54, 1.807) is 49.4 Å². The molecular formula is C30H35Cl2N3O5S. The van der Waals surface area contributed by atoms with E-state index in [9.17, 15) is 18.0 Å². The molecule has 0 radical (unpaired) electrons. The van der Waals surface area contributed by atoms with Crippen LogP contribution in [0.2, 0.25) is 10.0 Å². The Morgan fingerprint density at radius 2 is 1.63 bits per heavy atom. The van der Waals surface area contributed by atoms with Crippen molar-refractivity contribution < 1.29 is 22.7 Å². The summed E-state index contributed by atoms with van der Waals surface area (Å²) in [6.45, 7) is 7.15. The molecule has 0 aliphatic heterocycles. The van der Waals surface area contributed by atoms with Gasteiger partial charge >= 0.3 is 0 Å². The average Bonchev–Trinajstić information content (AvgIpc) is 2.93. The first-order chi connectivity index (χ1) is 19.3. The monoisotopic (exact) mass is 619 g/mol. The fraction of sp³-hybridized carbons (Fsp3) is 0.333. The predicted molar refractivity (Wildman–Crippen MR) is 163 cm³/mol. The van der Waals surface area contributed by atoms with Gasteiger partial charge in [-0.2, -0.15) is 0 Å². The lowest BCUT2D eigenvalue weighted by Crippen LogP contribution is -2.51. The summed E-state index contributed by atoms with van der Waals surface area (Å²) >= 11 is 12.7. The van der Waals surface area contributed by atoms with E-state index < -0.39 is 28.5 Å². The van der Waals surface area contributed by atoms with Gasteiger partial charge in [0, 0.05) is 23.1 Å². The lowest BCUT2D eigenvalue weighted by molar-refractivity contribution is -0.139. The molecule has 0 spiro atoms. The van der Waals surface area contributed by atoms with Gasteiger partial charge in [0.25, 0.3) is 10.0 Å². The van der Waals surface area contributed by atoms with Crippen LogP contribution in [0, 0.1) is 12.8 Å². The number of halogens is 2. The highest BCUT2D eigenvalue weighted by Crippen LogP contribution is 2.35. The first kappa shape index (κ1) is 32.2. The maximum absolute atomic E-state index is 14.1. The van der Waals surface area contributed by atoms with E-state index in [2.05, 4.69) is 5.32 Å². The van der Waals surface area contributed by atoms with Crippen molar-refractivity contribution in [3.05, 3.63) is 87.9 Å². The number of methoxy groups -OCH3 is 1. The van der Waals surface area contributed by atoms with E-state index in [1.165, 1.54) is 36.3 Å². The molecule has 0 bridgehead atoms. The van der Waals surface area contributed by atoms with Gasteiger partial charge in [-0.25, -0.2) is 8.42 Å². The topological polar surface area (TPSA) is 96.0 Å². The minimum atomic E-state index is -4.28. The summed E-state index contributed by atoms with van der Waals surface area (Å²) in [5.74, 6) is -0.579. The quantitative estimate of drug-likeness (QED) is 0.281. The van der Waals surface area contributed by atoms with Crippen LogP contribution in [-0.4, -0.2) is 51.4 Å². The van der Waals surface area contributed by atoms with Gasteiger partial charge in [0.15, 0.2) is 0 Å². The Morgan fingerprint density at radius 3 is 2.24 bits per heavy atom. The van der Waals surface area contributed by atoms with Crippen LogP contribution in [0.15, 0.2) is 71.6 Å². The summed E-state index contributed by atoms with van der Waals surface area (Å²) in [5.41, 5.74) is 1.57. The van der Waals surface area contributed by atoms with Crippen LogP contribution in [0.1, 0.15) is 31.9 Å². The smallest absolute Gasteiger partial charge is 0.264 e. The molecule has 41 heavy (non-hydrogen) atoms. The summed E-state index contributed by atoms with van der Waals surface area (Å²) in [7, 11) is -2.88. The molecule has 3 aromatic carbocycles. The Bertz CT molecular complexity index is 1480. The molecule has 0 aliphatic rings. The summed E-state index contributed by atoms with van der Waals surface area (Å²) in [5, 5.41) is 3.53. The minimum Gasteiger partial charge on any atom is -0.495 e. The van der Waals surface area contributed by atoms with E-state index in [0.29, 0.717) is 17.1 Å². The molecule has 0 aromatic heterocycles. The first-order valence-electron chi connectivity index (χ1n) is 13.1. The molecule has 11 heteroatoms. The normalized spacial score (nSPS) is 12.1. The molecule has 220 valence electrons. The molecule has 0 saturated carbocycles. The minimum absolute atomic E-state index is 0.0140. The van der Waals surface area contributed by atoms with Crippen molar-refractivity contribution in [3.8, 4) is 5.75 Å². The average molecular weight is 621 g/mol. The van der Waals surface area contributed by atoms with Crippen LogP contribution < -0.4 is 14.4 Å². The lowest BCUT2D eigenvalue weighted by atomic mass is 10.1. The first-order valence-corrected chi connectivity index (χ1v) is 15.3. The number of hydrogen-bond donors (Lipinski definition) is 1. The second kappa shape index (κ2) is 14.1. The molecule has 3 aromatic rings. The van der Waals surface area contributed by atoms with Crippen molar-refractivity contribution in [2.45, 2.75) is 45.2 Å². The molecule has 0 saturated heterocycles. The van der Waals surface area contributed by atoms with Gasteiger partial charge in [0.05, 0.1) is 17.7 Å². The Hall–Kier alpha value is -3.27. The number of aryl methyl sites for hydroxylation is 1. The molecule has 0 fully saturated rings. The zero-order valence-corrected chi connectivity index (χ0v) is 26.1. The number of carbonyl (C=O) groups excluding carboxylic acids is 2. The van der Waals surface area contributed by atoms with Crippen LogP contribution in [0.3, 0.4) is 0 Å². The van der Waals surface area contributed by atoms with Gasteiger partial charge in [0.1, 0.15) is 18.3 Å². The number of carbonyl (C=O) groups is 2. The van der Waals surface area contributed by atoms with Gasteiger partial charge in [-0.15, -0.1) is 0 Å². The molecule has 1 atom stereocenters. The zero-order valence-electron chi connectivity index (χ0n) is 23.7. The van der Waals surface area contributed by atoms with E-state index >= 15 is 0 Å². The highest BCUT2D eigenvalue weighted by Gasteiger charge is 2.34. The van der Waals surface area contributed by atoms with Crippen molar-refractivity contribution in [1.29, 1.82) is 0 Å². The van der Waals surface area contributed by atoms with Gasteiger partial charge in [-0.1, -0.05) is 72.9 Å². The van der Waals surface area contributed by atoms with Gasteiger partial charge in [0.2, 0.25) is 11.8 Å². The number of nitrogens with zero attached hydrogens (tertiary/aromatic N) is 2. The van der Waals surface area contributed by atoms with Gasteiger partial charge in [-0.3, -0.25) is 13.9 Å². The molecule has 0 unspecified atom stereocenters. The summed E-state index contributed by atoms with van der Waals surface area (Å²) < 4.78 is 34.5. The van der Waals surface area contributed by atoms with E-state index in [0.717, 1.165) is 9.87 Å². The number of amides is 2. The number of sulfonamides is 1. The Balaban J connectivity index is 2.09. The van der Waals surface area contributed by atoms with Crippen LogP contribution in [0.4, 0.5) is 5.69 Å². The Morgan fingerprint density at radius 1 is 0.976 bits per heavy atom. The zero-order chi connectivity index (χ0) is 30.3. The standard InChI is InChI=1S/C30H35Cl2N3O5S/c1-20(2)17-33-30(37)22(4)34(18-23-8-6-7-9-26(23)32)29(36)19-35(27-16-24(31)12-15-28(27)40-5)41(38,39)25-13-10-21(3)11-14-25/h6-16,20,22H,17-19H2,1-5H3,(H,33,37)/t22-/m1/s1. The van der Waals surface area contributed by atoms with Gasteiger partial charge in [-0.05, 0) is 61.7 Å². The summed E-state index contributed by atoms with van der Waals surface area (Å²) in [6, 6.07) is 16.9. The van der Waals surface area contributed by atoms with Crippen molar-refractivity contribution >= 4 is 50.7 Å². The second-order valence-electron chi connectivity index (χ2n) is 10.1. The third kappa shape index (κ3) is 8.15. The largest absolute Gasteiger partial charge is 0.495 e. The predicted octanol–water partition coefficient (Wildman–Crippen LogP) is 5.70. The van der Waals surface area contributed by atoms with E-state index in [4.69, 9.17) is 27.9 Å². The number of ether oxygens (including phenoxy) is 1. The van der Waals surface area contributed by atoms with Crippen molar-refractivity contribution in [2.75, 3.05) is 24.5 Å². The Labute approximate surface area is 252 Å². The fourth-order valence-electron chi connectivity index (χ4n) is 4.05. The number of benzene rings is 3. The number of rotatable bonds is 12. The third-order valence-corrected chi connectivity index (χ3v) is 8.83. The Kier molecular flexibility index (Phi) is 11.1. The summed E-state index contributed by atoms with van der Waals surface area (Å²) in [4.78, 5) is 28.5. The highest BCUT2D eigenvalue weighted by molar-refractivity contribution is 7.92. The van der Waals surface area contributed by atoms with Crippen molar-refractivity contribution in [2.24, 2.45) is 5.92 Å². The molecule has 1 N–H and O–H groups in total. The second-order valence-corrected chi connectivity index (χ2v) is 12.8. The van der Waals surface area contributed by atoms with Crippen molar-refractivity contribution in [3.63, 3.8) is 0 Å². The number of hydrogen-bond acceptors (Lipinski definition) is 5.